The van der Waals surface area contributed by atoms with Crippen LogP contribution in [0.1, 0.15) is 23.0 Å². The molecule has 0 radical (unpaired) electrons. The zero-order valence-corrected chi connectivity index (χ0v) is 13.2. The summed E-state index contributed by atoms with van der Waals surface area (Å²) in [5, 5.41) is 0. The van der Waals surface area contributed by atoms with Crippen molar-refractivity contribution in [3.05, 3.63) is 72.0 Å². The second-order valence-corrected chi connectivity index (χ2v) is 5.31. The van der Waals surface area contributed by atoms with Crippen molar-refractivity contribution in [3.63, 3.8) is 0 Å². The first-order valence-electron chi connectivity index (χ1n) is 7.62. The summed E-state index contributed by atoms with van der Waals surface area (Å²) in [4.78, 5) is 12.2. The standard InChI is InChI=1S/C20H18O3/c1-3-22-20(21)19-17(15-7-5-4-6-8-15)13-18(23-19)16-11-9-14(2)10-12-16/h4-13H,3H2,1-2H3. The summed E-state index contributed by atoms with van der Waals surface area (Å²) < 4.78 is 11.0. The summed E-state index contributed by atoms with van der Waals surface area (Å²) in [5.74, 6) is 0.463. The summed E-state index contributed by atoms with van der Waals surface area (Å²) >= 11 is 0. The molecule has 0 atom stereocenters. The van der Waals surface area contributed by atoms with Crippen molar-refractivity contribution in [1.29, 1.82) is 0 Å². The van der Waals surface area contributed by atoms with Crippen LogP contribution in [-0.4, -0.2) is 12.6 Å². The van der Waals surface area contributed by atoms with Gasteiger partial charge in [0.2, 0.25) is 5.76 Å². The molecule has 0 bridgehead atoms. The van der Waals surface area contributed by atoms with Gasteiger partial charge in [-0.2, -0.15) is 0 Å². The zero-order valence-electron chi connectivity index (χ0n) is 13.2. The van der Waals surface area contributed by atoms with Crippen LogP contribution in [0.25, 0.3) is 22.5 Å². The number of ether oxygens (including phenoxy) is 1. The average Bonchev–Trinajstić information content (AvgIpc) is 3.02. The van der Waals surface area contributed by atoms with Gasteiger partial charge in [0.25, 0.3) is 0 Å². The smallest absolute Gasteiger partial charge is 0.374 e. The van der Waals surface area contributed by atoms with Gasteiger partial charge in [-0.05, 0) is 25.5 Å². The largest absolute Gasteiger partial charge is 0.460 e. The minimum atomic E-state index is -0.440. The second-order valence-electron chi connectivity index (χ2n) is 5.31. The summed E-state index contributed by atoms with van der Waals surface area (Å²) in [7, 11) is 0. The van der Waals surface area contributed by atoms with E-state index in [0.717, 1.165) is 16.7 Å². The Bertz CT molecular complexity index is 799. The molecule has 2 aromatic carbocycles. The molecule has 0 aliphatic carbocycles. The fourth-order valence-corrected chi connectivity index (χ4v) is 2.43. The van der Waals surface area contributed by atoms with E-state index in [1.54, 1.807) is 6.92 Å². The Kier molecular flexibility index (Phi) is 4.29. The van der Waals surface area contributed by atoms with Crippen LogP contribution in [0.3, 0.4) is 0 Å². The number of furan rings is 1. The van der Waals surface area contributed by atoms with E-state index in [9.17, 15) is 4.79 Å². The molecule has 3 rings (SSSR count). The molecule has 3 aromatic rings. The molecule has 0 amide bonds. The van der Waals surface area contributed by atoms with E-state index in [1.807, 2.05) is 67.6 Å². The number of hydrogen-bond donors (Lipinski definition) is 0. The van der Waals surface area contributed by atoms with Crippen LogP contribution >= 0.6 is 0 Å². The highest BCUT2D eigenvalue weighted by Gasteiger charge is 2.21. The number of esters is 1. The van der Waals surface area contributed by atoms with Crippen molar-refractivity contribution in [1.82, 2.24) is 0 Å². The molecule has 0 unspecified atom stereocenters. The van der Waals surface area contributed by atoms with Crippen LogP contribution in [0.15, 0.2) is 65.1 Å². The molecular weight excluding hydrogens is 288 g/mol. The third kappa shape index (κ3) is 3.19. The number of aryl methyl sites for hydroxylation is 1. The van der Waals surface area contributed by atoms with Crippen molar-refractivity contribution >= 4 is 5.97 Å². The molecule has 0 fully saturated rings. The van der Waals surface area contributed by atoms with Crippen molar-refractivity contribution in [2.75, 3.05) is 6.61 Å². The third-order valence-electron chi connectivity index (χ3n) is 3.61. The van der Waals surface area contributed by atoms with Crippen LogP contribution in [-0.2, 0) is 4.74 Å². The lowest BCUT2D eigenvalue weighted by Gasteiger charge is -2.02. The molecule has 3 nitrogen and oxygen atoms in total. The minimum Gasteiger partial charge on any atom is -0.460 e. The highest BCUT2D eigenvalue weighted by molar-refractivity contribution is 5.95. The average molecular weight is 306 g/mol. The molecule has 0 aliphatic heterocycles. The Morgan fingerprint density at radius 1 is 1.00 bits per heavy atom. The number of hydrogen-bond acceptors (Lipinski definition) is 3. The van der Waals surface area contributed by atoms with Crippen LogP contribution in [0.2, 0.25) is 0 Å². The Balaban J connectivity index is 2.10. The fraction of sp³-hybridized carbons (Fsp3) is 0.150. The van der Waals surface area contributed by atoms with Gasteiger partial charge in [0, 0.05) is 11.1 Å². The van der Waals surface area contributed by atoms with Crippen molar-refractivity contribution in [2.24, 2.45) is 0 Å². The predicted molar refractivity (Wildman–Crippen MR) is 90.3 cm³/mol. The fourth-order valence-electron chi connectivity index (χ4n) is 2.43. The van der Waals surface area contributed by atoms with Crippen molar-refractivity contribution in [2.45, 2.75) is 13.8 Å². The highest BCUT2D eigenvalue weighted by atomic mass is 16.5. The van der Waals surface area contributed by atoms with Crippen LogP contribution in [0.4, 0.5) is 0 Å². The van der Waals surface area contributed by atoms with Gasteiger partial charge in [0.1, 0.15) is 5.76 Å². The van der Waals surface area contributed by atoms with Gasteiger partial charge in [-0.1, -0.05) is 60.2 Å². The van der Waals surface area contributed by atoms with Gasteiger partial charge in [-0.3, -0.25) is 0 Å². The van der Waals surface area contributed by atoms with E-state index in [-0.39, 0.29) is 5.76 Å². The molecule has 1 aromatic heterocycles. The van der Waals surface area contributed by atoms with Crippen molar-refractivity contribution in [3.8, 4) is 22.5 Å². The Morgan fingerprint density at radius 3 is 2.35 bits per heavy atom. The molecule has 3 heteroatoms. The Labute approximate surface area is 135 Å². The maximum Gasteiger partial charge on any atom is 0.374 e. The van der Waals surface area contributed by atoms with Gasteiger partial charge in [0.05, 0.1) is 6.61 Å². The zero-order chi connectivity index (χ0) is 16.2. The summed E-state index contributed by atoms with van der Waals surface area (Å²) in [6.45, 7) is 4.13. The first kappa shape index (κ1) is 15.1. The number of rotatable bonds is 4. The topological polar surface area (TPSA) is 39.4 Å². The van der Waals surface area contributed by atoms with E-state index in [1.165, 1.54) is 5.56 Å². The quantitative estimate of drug-likeness (QED) is 0.630. The van der Waals surface area contributed by atoms with Gasteiger partial charge in [-0.25, -0.2) is 4.79 Å². The van der Waals surface area contributed by atoms with E-state index in [0.29, 0.717) is 12.4 Å². The maximum absolute atomic E-state index is 12.2. The van der Waals surface area contributed by atoms with Gasteiger partial charge >= 0.3 is 5.97 Å². The van der Waals surface area contributed by atoms with E-state index >= 15 is 0 Å². The summed E-state index contributed by atoms with van der Waals surface area (Å²) in [6, 6.07) is 19.6. The Morgan fingerprint density at radius 2 is 1.70 bits per heavy atom. The molecule has 0 N–H and O–H groups in total. The lowest BCUT2D eigenvalue weighted by Crippen LogP contribution is -2.04. The van der Waals surface area contributed by atoms with E-state index in [4.69, 9.17) is 9.15 Å². The minimum absolute atomic E-state index is 0.244. The molecule has 0 spiro atoms. The first-order chi connectivity index (χ1) is 11.2. The number of carbonyl (C=O) groups excluding carboxylic acids is 1. The Hall–Kier alpha value is -2.81. The molecule has 1 heterocycles. The molecule has 116 valence electrons. The molecule has 0 saturated heterocycles. The molecule has 0 saturated carbocycles. The summed E-state index contributed by atoms with van der Waals surface area (Å²) in [5.41, 5.74) is 3.79. The normalized spacial score (nSPS) is 10.5. The van der Waals surface area contributed by atoms with Crippen LogP contribution in [0.5, 0.6) is 0 Å². The van der Waals surface area contributed by atoms with Crippen LogP contribution < -0.4 is 0 Å². The highest BCUT2D eigenvalue weighted by Crippen LogP contribution is 2.33. The number of benzene rings is 2. The van der Waals surface area contributed by atoms with E-state index < -0.39 is 5.97 Å². The van der Waals surface area contributed by atoms with Gasteiger partial charge in [-0.15, -0.1) is 0 Å². The van der Waals surface area contributed by atoms with Crippen LogP contribution in [0, 0.1) is 6.92 Å². The molecule has 23 heavy (non-hydrogen) atoms. The maximum atomic E-state index is 12.2. The number of carbonyl (C=O) groups is 1. The summed E-state index contributed by atoms with van der Waals surface area (Å²) in [6.07, 6.45) is 0. The third-order valence-corrected chi connectivity index (χ3v) is 3.61. The first-order valence-corrected chi connectivity index (χ1v) is 7.62. The molecule has 0 aliphatic rings. The molecular formula is C20H18O3. The van der Waals surface area contributed by atoms with Crippen molar-refractivity contribution < 1.29 is 13.9 Å². The lowest BCUT2D eigenvalue weighted by molar-refractivity contribution is 0.0492. The SMILES string of the molecule is CCOC(=O)c1oc(-c2ccc(C)cc2)cc1-c1ccccc1. The van der Waals surface area contributed by atoms with Gasteiger partial charge in [0.15, 0.2) is 0 Å². The van der Waals surface area contributed by atoms with Gasteiger partial charge < -0.3 is 9.15 Å². The second kappa shape index (κ2) is 6.53. The van der Waals surface area contributed by atoms with E-state index in [2.05, 4.69) is 0 Å². The monoisotopic (exact) mass is 306 g/mol. The lowest BCUT2D eigenvalue weighted by atomic mass is 10.0. The predicted octanol–water partition coefficient (Wildman–Crippen LogP) is 5.10.